The van der Waals surface area contributed by atoms with Gasteiger partial charge in [-0.3, -0.25) is 4.39 Å². The average Bonchev–Trinajstić information content (AvgIpc) is 2.37. The first-order chi connectivity index (χ1) is 5.34. The Kier molecular flexibility index (Phi) is 3.57. The van der Waals surface area contributed by atoms with Crippen molar-refractivity contribution in [3.05, 3.63) is 21.9 Å². The summed E-state index contributed by atoms with van der Waals surface area (Å²) in [6, 6.07) is 2.14. The van der Waals surface area contributed by atoms with Crippen molar-refractivity contribution < 1.29 is 4.39 Å². The van der Waals surface area contributed by atoms with E-state index >= 15 is 0 Å². The van der Waals surface area contributed by atoms with Gasteiger partial charge in [-0.2, -0.15) is 0 Å². The van der Waals surface area contributed by atoms with E-state index in [1.807, 2.05) is 0 Å². The van der Waals surface area contributed by atoms with Crippen molar-refractivity contribution in [3.63, 3.8) is 0 Å². The zero-order valence-electron chi connectivity index (χ0n) is 6.77. The largest absolute Gasteiger partial charge is 0.251 e. The van der Waals surface area contributed by atoms with Crippen LogP contribution in [0, 0.1) is 6.92 Å². The van der Waals surface area contributed by atoms with Gasteiger partial charge in [0.1, 0.15) is 0 Å². The van der Waals surface area contributed by atoms with Crippen molar-refractivity contribution in [1.29, 1.82) is 0 Å². The molecule has 62 valence electrons. The lowest BCUT2D eigenvalue weighted by Gasteiger charge is -1.96. The fraction of sp³-hybridized carbons (Fsp3) is 0.556. The van der Waals surface area contributed by atoms with Gasteiger partial charge in [-0.1, -0.05) is 0 Å². The summed E-state index contributed by atoms with van der Waals surface area (Å²) in [6.45, 7) is 1.94. The Balaban J connectivity index is 2.32. The van der Waals surface area contributed by atoms with Crippen molar-refractivity contribution in [1.82, 2.24) is 0 Å². The van der Waals surface area contributed by atoms with Crippen LogP contribution < -0.4 is 0 Å². The van der Waals surface area contributed by atoms with Gasteiger partial charge < -0.3 is 0 Å². The molecule has 1 rings (SSSR count). The lowest BCUT2D eigenvalue weighted by Crippen LogP contribution is -1.85. The molecule has 0 aliphatic carbocycles. The molecular weight excluding hydrogens is 159 g/mol. The minimum atomic E-state index is -0.177. The van der Waals surface area contributed by atoms with E-state index in [0.717, 1.165) is 12.8 Å². The summed E-state index contributed by atoms with van der Waals surface area (Å²) in [4.78, 5) is 1.38. The van der Waals surface area contributed by atoms with Crippen LogP contribution in [0.25, 0.3) is 0 Å². The van der Waals surface area contributed by atoms with E-state index in [0.29, 0.717) is 6.42 Å². The molecule has 0 aliphatic rings. The zero-order valence-corrected chi connectivity index (χ0v) is 7.59. The number of unbranched alkanes of at least 4 members (excludes halogenated alkanes) is 1. The SMILES string of the molecule is Cc1sccc1CCCCF. The maximum Gasteiger partial charge on any atom is 0.0894 e. The van der Waals surface area contributed by atoms with Crippen LogP contribution >= 0.6 is 11.3 Å². The average molecular weight is 172 g/mol. The van der Waals surface area contributed by atoms with Gasteiger partial charge in [-0.05, 0) is 43.2 Å². The molecule has 0 radical (unpaired) electrons. The van der Waals surface area contributed by atoms with Crippen LogP contribution in [-0.2, 0) is 6.42 Å². The second kappa shape index (κ2) is 4.50. The highest BCUT2D eigenvalue weighted by Gasteiger charge is 1.97. The van der Waals surface area contributed by atoms with Crippen LogP contribution in [0.2, 0.25) is 0 Å². The molecule has 0 unspecified atom stereocenters. The van der Waals surface area contributed by atoms with E-state index in [9.17, 15) is 4.39 Å². The molecule has 0 bridgehead atoms. The molecule has 2 heteroatoms. The standard InChI is InChI=1S/C9H13FS/c1-8-9(5-7-11-8)4-2-3-6-10/h5,7H,2-4,6H2,1H3. The maximum atomic E-state index is 11.7. The highest BCUT2D eigenvalue weighted by molar-refractivity contribution is 7.10. The van der Waals surface area contributed by atoms with Gasteiger partial charge in [0.25, 0.3) is 0 Å². The van der Waals surface area contributed by atoms with Gasteiger partial charge in [0.2, 0.25) is 0 Å². The number of thiophene rings is 1. The van der Waals surface area contributed by atoms with Crippen LogP contribution in [0.3, 0.4) is 0 Å². The maximum absolute atomic E-state index is 11.7. The second-order valence-electron chi connectivity index (χ2n) is 2.65. The van der Waals surface area contributed by atoms with E-state index in [4.69, 9.17) is 0 Å². The lowest BCUT2D eigenvalue weighted by atomic mass is 10.1. The van der Waals surface area contributed by atoms with Crippen molar-refractivity contribution in [3.8, 4) is 0 Å². The molecule has 0 saturated carbocycles. The summed E-state index contributed by atoms with van der Waals surface area (Å²) < 4.78 is 11.7. The highest BCUT2D eigenvalue weighted by Crippen LogP contribution is 2.16. The molecule has 0 amide bonds. The Morgan fingerprint density at radius 3 is 2.82 bits per heavy atom. The quantitative estimate of drug-likeness (QED) is 0.611. The molecule has 1 aromatic heterocycles. The summed E-state index contributed by atoms with van der Waals surface area (Å²) in [5, 5.41) is 2.10. The molecule has 0 nitrogen and oxygen atoms in total. The summed E-state index contributed by atoms with van der Waals surface area (Å²) >= 11 is 1.77. The number of aryl methyl sites for hydroxylation is 2. The summed E-state index contributed by atoms with van der Waals surface area (Å²) in [5.41, 5.74) is 1.39. The minimum Gasteiger partial charge on any atom is -0.251 e. The number of halogens is 1. The van der Waals surface area contributed by atoms with Gasteiger partial charge in [0.15, 0.2) is 0 Å². The van der Waals surface area contributed by atoms with Crippen LogP contribution in [0.1, 0.15) is 23.3 Å². The van der Waals surface area contributed by atoms with E-state index in [-0.39, 0.29) is 6.67 Å². The van der Waals surface area contributed by atoms with E-state index < -0.39 is 0 Å². The van der Waals surface area contributed by atoms with Gasteiger partial charge in [0, 0.05) is 4.88 Å². The van der Waals surface area contributed by atoms with Crippen LogP contribution in [-0.4, -0.2) is 6.67 Å². The molecule has 1 heterocycles. The predicted molar refractivity (Wildman–Crippen MR) is 48.0 cm³/mol. The predicted octanol–water partition coefficient (Wildman–Crippen LogP) is 3.35. The first kappa shape index (κ1) is 8.72. The van der Waals surface area contributed by atoms with Crippen LogP contribution in [0.15, 0.2) is 11.4 Å². The molecular formula is C9H13FS. The molecule has 0 N–H and O–H groups in total. The zero-order chi connectivity index (χ0) is 8.10. The highest BCUT2D eigenvalue weighted by atomic mass is 32.1. The van der Waals surface area contributed by atoms with E-state index in [1.165, 1.54) is 10.4 Å². The first-order valence-electron chi connectivity index (χ1n) is 3.93. The molecule has 0 saturated heterocycles. The van der Waals surface area contributed by atoms with Crippen molar-refractivity contribution in [2.45, 2.75) is 26.2 Å². The summed E-state index contributed by atoms with van der Waals surface area (Å²) in [5.74, 6) is 0. The smallest absolute Gasteiger partial charge is 0.0894 e. The second-order valence-corrected chi connectivity index (χ2v) is 3.77. The molecule has 1 aromatic rings. The van der Waals surface area contributed by atoms with Crippen LogP contribution in [0.4, 0.5) is 4.39 Å². The molecule has 0 atom stereocenters. The lowest BCUT2D eigenvalue weighted by molar-refractivity contribution is 0.462. The Bertz CT molecular complexity index is 205. The fourth-order valence-electron chi connectivity index (χ4n) is 1.08. The Hall–Kier alpha value is -0.370. The number of hydrogen-bond acceptors (Lipinski definition) is 1. The molecule has 0 aromatic carbocycles. The fourth-order valence-corrected chi connectivity index (χ4v) is 1.84. The Morgan fingerprint density at radius 1 is 1.45 bits per heavy atom. The monoisotopic (exact) mass is 172 g/mol. The first-order valence-corrected chi connectivity index (χ1v) is 4.81. The third-order valence-electron chi connectivity index (χ3n) is 1.80. The van der Waals surface area contributed by atoms with Crippen molar-refractivity contribution in [2.75, 3.05) is 6.67 Å². The van der Waals surface area contributed by atoms with Gasteiger partial charge >= 0.3 is 0 Å². The Morgan fingerprint density at radius 2 is 2.27 bits per heavy atom. The van der Waals surface area contributed by atoms with Crippen molar-refractivity contribution in [2.24, 2.45) is 0 Å². The Labute approximate surface area is 71.1 Å². The third kappa shape index (κ3) is 2.62. The minimum absolute atomic E-state index is 0.177. The van der Waals surface area contributed by atoms with Gasteiger partial charge in [-0.25, -0.2) is 0 Å². The van der Waals surface area contributed by atoms with Gasteiger partial charge in [0.05, 0.1) is 6.67 Å². The number of rotatable bonds is 4. The topological polar surface area (TPSA) is 0 Å². The molecule has 11 heavy (non-hydrogen) atoms. The normalized spacial score (nSPS) is 10.4. The molecule has 0 aliphatic heterocycles. The number of alkyl halides is 1. The van der Waals surface area contributed by atoms with Crippen LogP contribution in [0.5, 0.6) is 0 Å². The van der Waals surface area contributed by atoms with Crippen molar-refractivity contribution >= 4 is 11.3 Å². The summed E-state index contributed by atoms with van der Waals surface area (Å²) in [6.07, 6.45) is 2.72. The van der Waals surface area contributed by atoms with E-state index in [1.54, 1.807) is 11.3 Å². The summed E-state index contributed by atoms with van der Waals surface area (Å²) in [7, 11) is 0. The van der Waals surface area contributed by atoms with Gasteiger partial charge in [-0.15, -0.1) is 11.3 Å². The molecule has 0 spiro atoms. The third-order valence-corrected chi connectivity index (χ3v) is 2.68. The van der Waals surface area contributed by atoms with E-state index in [2.05, 4.69) is 18.4 Å². The molecule has 0 fully saturated rings. The number of hydrogen-bond donors (Lipinski definition) is 0.